The Labute approximate surface area is 92.5 Å². The fourth-order valence-corrected chi connectivity index (χ4v) is 2.28. The number of aliphatic hydroxyl groups excluding tert-OH is 1. The number of hydrogen-bond acceptors (Lipinski definition) is 3. The molecule has 0 spiro atoms. The highest BCUT2D eigenvalue weighted by atomic mass is 16.3. The molecule has 0 aliphatic carbocycles. The molecule has 0 amide bonds. The highest BCUT2D eigenvalue weighted by Gasteiger charge is 2.17. The summed E-state index contributed by atoms with van der Waals surface area (Å²) in [6.07, 6.45) is 7.46. The molecule has 1 heterocycles. The molecule has 88 valence electrons. The molecule has 0 unspecified atom stereocenters. The molecule has 0 aromatic rings. The molecule has 1 fully saturated rings. The highest BCUT2D eigenvalue weighted by Crippen LogP contribution is 2.22. The molecular formula is C12H23NO2. The number of carbonyl (C=O) groups is 1. The van der Waals surface area contributed by atoms with E-state index in [4.69, 9.17) is 5.11 Å². The van der Waals surface area contributed by atoms with Crippen LogP contribution in [0.25, 0.3) is 0 Å². The van der Waals surface area contributed by atoms with Gasteiger partial charge in [-0.25, -0.2) is 0 Å². The van der Waals surface area contributed by atoms with Gasteiger partial charge in [-0.3, -0.25) is 0 Å². The van der Waals surface area contributed by atoms with Crippen LogP contribution in [0.2, 0.25) is 0 Å². The second-order valence-corrected chi connectivity index (χ2v) is 4.46. The van der Waals surface area contributed by atoms with E-state index in [1.165, 1.54) is 32.4 Å². The average molecular weight is 213 g/mol. The predicted octanol–water partition coefficient (Wildman–Crippen LogP) is 1.45. The number of likely N-dealkylation sites (tertiary alicyclic amines) is 1. The number of aldehydes is 1. The van der Waals surface area contributed by atoms with Gasteiger partial charge < -0.3 is 14.8 Å². The van der Waals surface area contributed by atoms with E-state index in [0.29, 0.717) is 6.61 Å². The molecule has 0 aromatic heterocycles. The normalized spacial score (nSPS) is 19.3. The summed E-state index contributed by atoms with van der Waals surface area (Å²) in [6.45, 7) is 3.69. The number of hydrogen-bond donors (Lipinski definition) is 1. The number of rotatable bonds is 7. The first-order valence-electron chi connectivity index (χ1n) is 6.13. The minimum atomic E-state index is 0.305. The van der Waals surface area contributed by atoms with Crippen molar-refractivity contribution in [3.63, 3.8) is 0 Å². The Morgan fingerprint density at radius 1 is 1.27 bits per heavy atom. The third-order valence-electron chi connectivity index (χ3n) is 3.27. The van der Waals surface area contributed by atoms with Crippen molar-refractivity contribution < 1.29 is 9.90 Å². The summed E-state index contributed by atoms with van der Waals surface area (Å²) in [7, 11) is 0. The van der Waals surface area contributed by atoms with Crippen LogP contribution in [0.3, 0.4) is 0 Å². The van der Waals surface area contributed by atoms with E-state index >= 15 is 0 Å². The van der Waals surface area contributed by atoms with Crippen molar-refractivity contribution in [2.75, 3.05) is 26.2 Å². The molecule has 1 aliphatic rings. The Morgan fingerprint density at radius 3 is 2.60 bits per heavy atom. The fourth-order valence-electron chi connectivity index (χ4n) is 2.28. The molecule has 1 rings (SSSR count). The SMILES string of the molecule is O=CCCCC1CCN(CCCO)CC1. The van der Waals surface area contributed by atoms with Gasteiger partial charge in [-0.05, 0) is 51.1 Å². The van der Waals surface area contributed by atoms with Crippen molar-refractivity contribution in [1.82, 2.24) is 4.90 Å². The second-order valence-electron chi connectivity index (χ2n) is 4.46. The van der Waals surface area contributed by atoms with Crippen LogP contribution >= 0.6 is 0 Å². The number of piperidine rings is 1. The van der Waals surface area contributed by atoms with Crippen LogP contribution in [0.1, 0.15) is 38.5 Å². The first kappa shape index (κ1) is 12.7. The van der Waals surface area contributed by atoms with Gasteiger partial charge in [0.15, 0.2) is 0 Å². The van der Waals surface area contributed by atoms with E-state index in [-0.39, 0.29) is 0 Å². The van der Waals surface area contributed by atoms with Gasteiger partial charge in [0.2, 0.25) is 0 Å². The molecule has 1 saturated heterocycles. The van der Waals surface area contributed by atoms with Crippen LogP contribution in [-0.2, 0) is 4.79 Å². The van der Waals surface area contributed by atoms with Gasteiger partial charge in [0.05, 0.1) is 0 Å². The number of carbonyl (C=O) groups excluding carboxylic acids is 1. The lowest BCUT2D eigenvalue weighted by atomic mass is 9.91. The van der Waals surface area contributed by atoms with Crippen LogP contribution in [0.5, 0.6) is 0 Å². The Morgan fingerprint density at radius 2 is 2.00 bits per heavy atom. The topological polar surface area (TPSA) is 40.5 Å². The van der Waals surface area contributed by atoms with E-state index in [0.717, 1.165) is 38.0 Å². The summed E-state index contributed by atoms with van der Waals surface area (Å²) in [5.74, 6) is 0.829. The lowest BCUT2D eigenvalue weighted by molar-refractivity contribution is -0.108. The zero-order chi connectivity index (χ0) is 10.9. The molecule has 0 radical (unpaired) electrons. The Bertz CT molecular complexity index is 165. The van der Waals surface area contributed by atoms with E-state index in [9.17, 15) is 4.79 Å². The van der Waals surface area contributed by atoms with Crippen LogP contribution in [0.15, 0.2) is 0 Å². The van der Waals surface area contributed by atoms with Crippen molar-refractivity contribution in [3.05, 3.63) is 0 Å². The molecule has 15 heavy (non-hydrogen) atoms. The third-order valence-corrected chi connectivity index (χ3v) is 3.27. The standard InChI is InChI=1S/C12H23NO2/c14-10-2-1-4-12-5-8-13(9-6-12)7-3-11-15/h10,12,15H,1-9,11H2. The molecule has 0 aromatic carbocycles. The lowest BCUT2D eigenvalue weighted by Gasteiger charge is -2.31. The lowest BCUT2D eigenvalue weighted by Crippen LogP contribution is -2.34. The van der Waals surface area contributed by atoms with Crippen LogP contribution < -0.4 is 0 Å². The molecule has 0 atom stereocenters. The number of unbranched alkanes of at least 4 members (excludes halogenated alkanes) is 1. The third kappa shape index (κ3) is 5.28. The minimum Gasteiger partial charge on any atom is -0.396 e. The molecular weight excluding hydrogens is 190 g/mol. The van der Waals surface area contributed by atoms with E-state index in [1.807, 2.05) is 0 Å². The van der Waals surface area contributed by atoms with Crippen molar-refractivity contribution in [2.24, 2.45) is 5.92 Å². The largest absolute Gasteiger partial charge is 0.396 e. The van der Waals surface area contributed by atoms with Crippen molar-refractivity contribution in [1.29, 1.82) is 0 Å². The molecule has 3 heteroatoms. The monoisotopic (exact) mass is 213 g/mol. The van der Waals surface area contributed by atoms with E-state index in [2.05, 4.69) is 4.90 Å². The van der Waals surface area contributed by atoms with E-state index < -0.39 is 0 Å². The fraction of sp³-hybridized carbons (Fsp3) is 0.917. The highest BCUT2D eigenvalue weighted by molar-refractivity contribution is 5.48. The minimum absolute atomic E-state index is 0.305. The van der Waals surface area contributed by atoms with Crippen LogP contribution in [0, 0.1) is 5.92 Å². The zero-order valence-electron chi connectivity index (χ0n) is 9.53. The van der Waals surface area contributed by atoms with Gasteiger partial charge in [0.25, 0.3) is 0 Å². The average Bonchev–Trinajstić information content (AvgIpc) is 2.28. The quantitative estimate of drug-likeness (QED) is 0.514. The summed E-state index contributed by atoms with van der Waals surface area (Å²) in [6, 6.07) is 0. The summed E-state index contributed by atoms with van der Waals surface area (Å²) in [5, 5.41) is 8.73. The van der Waals surface area contributed by atoms with Gasteiger partial charge in [-0.15, -0.1) is 0 Å². The van der Waals surface area contributed by atoms with Gasteiger partial charge in [-0.1, -0.05) is 0 Å². The molecule has 1 N–H and O–H groups in total. The van der Waals surface area contributed by atoms with Crippen molar-refractivity contribution in [2.45, 2.75) is 38.5 Å². The Hall–Kier alpha value is -0.410. The summed E-state index contributed by atoms with van der Waals surface area (Å²) >= 11 is 0. The van der Waals surface area contributed by atoms with Gasteiger partial charge in [0, 0.05) is 19.6 Å². The Kier molecular flexibility index (Phi) is 6.60. The van der Waals surface area contributed by atoms with Crippen molar-refractivity contribution >= 4 is 6.29 Å². The second kappa shape index (κ2) is 7.83. The maximum absolute atomic E-state index is 10.2. The summed E-state index contributed by atoms with van der Waals surface area (Å²) in [5.41, 5.74) is 0. The number of nitrogens with zero attached hydrogens (tertiary/aromatic N) is 1. The van der Waals surface area contributed by atoms with Crippen LogP contribution in [-0.4, -0.2) is 42.5 Å². The molecule has 0 bridgehead atoms. The molecule has 3 nitrogen and oxygen atoms in total. The number of aliphatic hydroxyl groups is 1. The van der Waals surface area contributed by atoms with Gasteiger partial charge in [-0.2, -0.15) is 0 Å². The van der Waals surface area contributed by atoms with E-state index in [1.54, 1.807) is 0 Å². The van der Waals surface area contributed by atoms with Gasteiger partial charge in [0.1, 0.15) is 6.29 Å². The maximum Gasteiger partial charge on any atom is 0.119 e. The van der Waals surface area contributed by atoms with Crippen LogP contribution in [0.4, 0.5) is 0 Å². The Balaban J connectivity index is 2.04. The maximum atomic E-state index is 10.2. The zero-order valence-corrected chi connectivity index (χ0v) is 9.53. The molecule has 0 saturated carbocycles. The predicted molar refractivity (Wildman–Crippen MR) is 60.8 cm³/mol. The molecule has 1 aliphatic heterocycles. The van der Waals surface area contributed by atoms with Gasteiger partial charge >= 0.3 is 0 Å². The summed E-state index contributed by atoms with van der Waals surface area (Å²) in [4.78, 5) is 12.6. The summed E-state index contributed by atoms with van der Waals surface area (Å²) < 4.78 is 0. The first-order valence-corrected chi connectivity index (χ1v) is 6.13. The first-order chi connectivity index (χ1) is 7.36. The van der Waals surface area contributed by atoms with Crippen molar-refractivity contribution in [3.8, 4) is 0 Å². The smallest absolute Gasteiger partial charge is 0.119 e.